The highest BCUT2D eigenvalue weighted by Gasteiger charge is 2.31. The average molecular weight is 271 g/mol. The van der Waals surface area contributed by atoms with Crippen LogP contribution in [0.5, 0.6) is 0 Å². The standard InChI is InChI=1S/C19H29N/c1-15-7-9-16(10-8-15)13-14-20-19(18-11-12-18)17-5-3-2-4-6-17/h2-6,15-16,18-20H,7-14H2,1H3. The van der Waals surface area contributed by atoms with Gasteiger partial charge in [-0.15, -0.1) is 0 Å². The molecule has 1 aromatic rings. The van der Waals surface area contributed by atoms with Crippen LogP contribution in [0.25, 0.3) is 0 Å². The highest BCUT2D eigenvalue weighted by atomic mass is 14.9. The molecule has 2 aliphatic carbocycles. The molecule has 0 spiro atoms. The van der Waals surface area contributed by atoms with Crippen molar-refractivity contribution in [2.45, 2.75) is 57.9 Å². The zero-order valence-corrected chi connectivity index (χ0v) is 12.9. The van der Waals surface area contributed by atoms with Crippen molar-refractivity contribution < 1.29 is 0 Å². The minimum Gasteiger partial charge on any atom is -0.310 e. The Morgan fingerprint density at radius 3 is 2.35 bits per heavy atom. The molecule has 2 saturated carbocycles. The Balaban J connectivity index is 1.46. The lowest BCUT2D eigenvalue weighted by molar-refractivity contribution is 0.271. The third-order valence-corrected chi connectivity index (χ3v) is 5.30. The van der Waals surface area contributed by atoms with Gasteiger partial charge in [0.05, 0.1) is 0 Å². The molecule has 0 amide bonds. The number of nitrogens with one attached hydrogen (secondary N) is 1. The Morgan fingerprint density at radius 2 is 1.70 bits per heavy atom. The summed E-state index contributed by atoms with van der Waals surface area (Å²) in [6.07, 6.45) is 10.0. The van der Waals surface area contributed by atoms with Gasteiger partial charge < -0.3 is 5.32 Å². The normalized spacial score (nSPS) is 28.2. The highest BCUT2D eigenvalue weighted by molar-refractivity contribution is 5.21. The van der Waals surface area contributed by atoms with E-state index in [1.54, 1.807) is 0 Å². The van der Waals surface area contributed by atoms with Gasteiger partial charge >= 0.3 is 0 Å². The van der Waals surface area contributed by atoms with Crippen molar-refractivity contribution in [2.75, 3.05) is 6.54 Å². The number of rotatable bonds is 6. The van der Waals surface area contributed by atoms with Crippen molar-refractivity contribution in [2.24, 2.45) is 17.8 Å². The lowest BCUT2D eigenvalue weighted by Gasteiger charge is -2.27. The summed E-state index contributed by atoms with van der Waals surface area (Å²) in [7, 11) is 0. The number of benzene rings is 1. The van der Waals surface area contributed by atoms with Crippen LogP contribution in [0.4, 0.5) is 0 Å². The zero-order chi connectivity index (χ0) is 13.8. The Morgan fingerprint density at radius 1 is 1.00 bits per heavy atom. The summed E-state index contributed by atoms with van der Waals surface area (Å²) >= 11 is 0. The Hall–Kier alpha value is -0.820. The van der Waals surface area contributed by atoms with Crippen molar-refractivity contribution >= 4 is 0 Å². The molecule has 3 rings (SSSR count). The minimum absolute atomic E-state index is 0.610. The molecule has 20 heavy (non-hydrogen) atoms. The van der Waals surface area contributed by atoms with Crippen molar-refractivity contribution in [1.29, 1.82) is 0 Å². The van der Waals surface area contributed by atoms with E-state index in [-0.39, 0.29) is 0 Å². The van der Waals surface area contributed by atoms with E-state index < -0.39 is 0 Å². The van der Waals surface area contributed by atoms with Gasteiger partial charge in [-0.2, -0.15) is 0 Å². The molecule has 1 N–H and O–H groups in total. The van der Waals surface area contributed by atoms with Gasteiger partial charge in [0.15, 0.2) is 0 Å². The first-order valence-electron chi connectivity index (χ1n) is 8.61. The van der Waals surface area contributed by atoms with E-state index in [2.05, 4.69) is 42.6 Å². The second-order valence-electron chi connectivity index (χ2n) is 7.09. The molecule has 1 nitrogen and oxygen atoms in total. The summed E-state index contributed by atoms with van der Waals surface area (Å²) in [5.74, 6) is 2.85. The fourth-order valence-corrected chi connectivity index (χ4v) is 3.71. The van der Waals surface area contributed by atoms with Crippen LogP contribution in [0.3, 0.4) is 0 Å². The van der Waals surface area contributed by atoms with E-state index in [1.807, 2.05) is 0 Å². The van der Waals surface area contributed by atoms with Crippen molar-refractivity contribution in [3.63, 3.8) is 0 Å². The van der Waals surface area contributed by atoms with Crippen LogP contribution in [0.2, 0.25) is 0 Å². The third-order valence-electron chi connectivity index (χ3n) is 5.30. The van der Waals surface area contributed by atoms with E-state index in [0.717, 1.165) is 17.8 Å². The Bertz CT molecular complexity index is 387. The molecule has 1 aromatic carbocycles. The second-order valence-corrected chi connectivity index (χ2v) is 7.09. The molecule has 1 unspecified atom stereocenters. The zero-order valence-electron chi connectivity index (χ0n) is 12.9. The largest absolute Gasteiger partial charge is 0.310 e. The first-order valence-corrected chi connectivity index (χ1v) is 8.61. The summed E-state index contributed by atoms with van der Waals surface area (Å²) in [5.41, 5.74) is 1.49. The van der Waals surface area contributed by atoms with E-state index in [4.69, 9.17) is 0 Å². The molecular formula is C19H29N. The predicted octanol–water partition coefficient (Wildman–Crippen LogP) is 4.94. The SMILES string of the molecule is CC1CCC(CCNC(c2ccccc2)C2CC2)CC1. The summed E-state index contributed by atoms with van der Waals surface area (Å²) in [6, 6.07) is 11.7. The first kappa shape index (κ1) is 14.1. The highest BCUT2D eigenvalue weighted by Crippen LogP contribution is 2.41. The van der Waals surface area contributed by atoms with Crippen molar-refractivity contribution in [3.8, 4) is 0 Å². The van der Waals surface area contributed by atoms with Crippen LogP contribution in [0.15, 0.2) is 30.3 Å². The Labute approximate surface area is 124 Å². The van der Waals surface area contributed by atoms with Crippen LogP contribution in [0.1, 0.15) is 63.5 Å². The molecule has 0 bridgehead atoms. The lowest BCUT2D eigenvalue weighted by atomic mass is 9.81. The number of hydrogen-bond acceptors (Lipinski definition) is 1. The smallest absolute Gasteiger partial charge is 0.0348 e. The van der Waals surface area contributed by atoms with Gasteiger partial charge in [0.1, 0.15) is 0 Å². The molecule has 0 radical (unpaired) electrons. The van der Waals surface area contributed by atoms with E-state index in [0.29, 0.717) is 6.04 Å². The quantitative estimate of drug-likeness (QED) is 0.772. The lowest BCUT2D eigenvalue weighted by Crippen LogP contribution is -2.26. The van der Waals surface area contributed by atoms with Gasteiger partial charge in [-0.3, -0.25) is 0 Å². The minimum atomic E-state index is 0.610. The topological polar surface area (TPSA) is 12.0 Å². The van der Waals surface area contributed by atoms with Gasteiger partial charge in [0.25, 0.3) is 0 Å². The maximum atomic E-state index is 3.86. The van der Waals surface area contributed by atoms with Gasteiger partial charge in [-0.1, -0.05) is 62.9 Å². The second kappa shape index (κ2) is 6.76. The maximum absolute atomic E-state index is 3.86. The van der Waals surface area contributed by atoms with E-state index in [1.165, 1.54) is 57.1 Å². The van der Waals surface area contributed by atoms with Gasteiger partial charge in [0, 0.05) is 6.04 Å². The van der Waals surface area contributed by atoms with Crippen molar-refractivity contribution in [1.82, 2.24) is 5.32 Å². The first-order chi connectivity index (χ1) is 9.83. The molecule has 0 saturated heterocycles. The molecule has 0 aromatic heterocycles. The van der Waals surface area contributed by atoms with Crippen molar-refractivity contribution in [3.05, 3.63) is 35.9 Å². The summed E-state index contributed by atoms with van der Waals surface area (Å²) < 4.78 is 0. The summed E-state index contributed by atoms with van der Waals surface area (Å²) in [4.78, 5) is 0. The van der Waals surface area contributed by atoms with Crippen LogP contribution in [-0.2, 0) is 0 Å². The molecular weight excluding hydrogens is 242 g/mol. The molecule has 2 fully saturated rings. The van der Waals surface area contributed by atoms with Gasteiger partial charge in [0.2, 0.25) is 0 Å². The van der Waals surface area contributed by atoms with Gasteiger partial charge in [-0.05, 0) is 49.1 Å². The molecule has 110 valence electrons. The predicted molar refractivity (Wildman–Crippen MR) is 85.6 cm³/mol. The Kier molecular flexibility index (Phi) is 4.77. The fraction of sp³-hybridized carbons (Fsp3) is 0.684. The third kappa shape index (κ3) is 3.85. The number of hydrogen-bond donors (Lipinski definition) is 1. The summed E-state index contributed by atoms with van der Waals surface area (Å²) in [5, 5.41) is 3.86. The molecule has 1 atom stereocenters. The van der Waals surface area contributed by atoms with Crippen LogP contribution >= 0.6 is 0 Å². The summed E-state index contributed by atoms with van der Waals surface area (Å²) in [6.45, 7) is 3.61. The fourth-order valence-electron chi connectivity index (χ4n) is 3.71. The molecule has 0 heterocycles. The van der Waals surface area contributed by atoms with Crippen LogP contribution < -0.4 is 5.32 Å². The maximum Gasteiger partial charge on any atom is 0.0348 e. The van der Waals surface area contributed by atoms with Crippen LogP contribution in [0, 0.1) is 17.8 Å². The molecule has 2 aliphatic rings. The molecule has 1 heteroatoms. The van der Waals surface area contributed by atoms with Crippen LogP contribution in [-0.4, -0.2) is 6.54 Å². The monoisotopic (exact) mass is 271 g/mol. The van der Waals surface area contributed by atoms with E-state index in [9.17, 15) is 0 Å². The van der Waals surface area contributed by atoms with E-state index >= 15 is 0 Å². The molecule has 0 aliphatic heterocycles. The van der Waals surface area contributed by atoms with Gasteiger partial charge in [-0.25, -0.2) is 0 Å². The average Bonchev–Trinajstić information content (AvgIpc) is 3.31.